The first-order valence-corrected chi connectivity index (χ1v) is 6.74. The van der Waals surface area contributed by atoms with Crippen LogP contribution < -0.4 is 5.32 Å². The standard InChI is InChI=1S/C15H22FN/c1-2-9-17-11-14(13-5-6-13)10-12-3-7-15(16)8-4-12/h3-4,7-8,13-14,17H,2,5-6,9-11H2,1H3. The first kappa shape index (κ1) is 12.6. The van der Waals surface area contributed by atoms with Crippen molar-refractivity contribution in [3.8, 4) is 0 Å². The monoisotopic (exact) mass is 235 g/mol. The minimum atomic E-state index is -0.138. The number of hydrogen-bond acceptors (Lipinski definition) is 1. The highest BCUT2D eigenvalue weighted by Gasteiger charge is 2.30. The Labute approximate surface area is 103 Å². The van der Waals surface area contributed by atoms with Gasteiger partial charge in [0.15, 0.2) is 0 Å². The SMILES string of the molecule is CCCNCC(Cc1ccc(F)cc1)C1CC1. The van der Waals surface area contributed by atoms with Gasteiger partial charge in [-0.15, -0.1) is 0 Å². The first-order valence-electron chi connectivity index (χ1n) is 6.74. The van der Waals surface area contributed by atoms with Gasteiger partial charge in [-0.05, 0) is 68.3 Å². The van der Waals surface area contributed by atoms with Crippen LogP contribution in [-0.2, 0) is 6.42 Å². The maximum absolute atomic E-state index is 12.8. The van der Waals surface area contributed by atoms with Gasteiger partial charge in [0.05, 0.1) is 0 Å². The van der Waals surface area contributed by atoms with E-state index in [0.717, 1.165) is 31.3 Å². The lowest BCUT2D eigenvalue weighted by Crippen LogP contribution is -2.26. The maximum atomic E-state index is 12.8. The Balaban J connectivity index is 1.86. The van der Waals surface area contributed by atoms with E-state index in [1.807, 2.05) is 12.1 Å². The van der Waals surface area contributed by atoms with Gasteiger partial charge in [0.2, 0.25) is 0 Å². The number of rotatable bonds is 7. The van der Waals surface area contributed by atoms with Crippen LogP contribution in [0.25, 0.3) is 0 Å². The fourth-order valence-corrected chi connectivity index (χ4v) is 2.36. The van der Waals surface area contributed by atoms with Crippen LogP contribution in [0.2, 0.25) is 0 Å². The van der Waals surface area contributed by atoms with Crippen LogP contribution in [0.3, 0.4) is 0 Å². The molecule has 1 fully saturated rings. The fraction of sp³-hybridized carbons (Fsp3) is 0.600. The molecule has 0 saturated heterocycles. The number of hydrogen-bond donors (Lipinski definition) is 1. The summed E-state index contributed by atoms with van der Waals surface area (Å²) >= 11 is 0. The topological polar surface area (TPSA) is 12.0 Å². The van der Waals surface area contributed by atoms with Crippen molar-refractivity contribution in [3.63, 3.8) is 0 Å². The van der Waals surface area contributed by atoms with E-state index in [2.05, 4.69) is 12.2 Å². The number of nitrogens with one attached hydrogen (secondary N) is 1. The van der Waals surface area contributed by atoms with Gasteiger partial charge in [0.1, 0.15) is 5.82 Å². The van der Waals surface area contributed by atoms with E-state index in [9.17, 15) is 4.39 Å². The summed E-state index contributed by atoms with van der Waals surface area (Å²) < 4.78 is 12.8. The van der Waals surface area contributed by atoms with Crippen molar-refractivity contribution in [2.24, 2.45) is 11.8 Å². The summed E-state index contributed by atoms with van der Waals surface area (Å²) in [5.74, 6) is 1.48. The highest BCUT2D eigenvalue weighted by molar-refractivity contribution is 5.17. The van der Waals surface area contributed by atoms with Gasteiger partial charge in [-0.3, -0.25) is 0 Å². The minimum absolute atomic E-state index is 0.138. The molecule has 1 aromatic rings. The molecular formula is C15H22FN. The van der Waals surface area contributed by atoms with Gasteiger partial charge in [0.25, 0.3) is 0 Å². The highest BCUT2D eigenvalue weighted by Crippen LogP contribution is 2.38. The van der Waals surface area contributed by atoms with Crippen molar-refractivity contribution in [1.82, 2.24) is 5.32 Å². The molecule has 0 aliphatic heterocycles. The Morgan fingerprint density at radius 2 is 2.00 bits per heavy atom. The summed E-state index contributed by atoms with van der Waals surface area (Å²) in [6.07, 6.45) is 5.02. The molecule has 0 amide bonds. The molecule has 0 spiro atoms. The third kappa shape index (κ3) is 4.12. The summed E-state index contributed by atoms with van der Waals surface area (Å²) in [5, 5.41) is 3.51. The van der Waals surface area contributed by atoms with Crippen LogP contribution in [0.5, 0.6) is 0 Å². The van der Waals surface area contributed by atoms with Gasteiger partial charge < -0.3 is 5.32 Å². The predicted molar refractivity (Wildman–Crippen MR) is 69.5 cm³/mol. The smallest absolute Gasteiger partial charge is 0.123 e. The maximum Gasteiger partial charge on any atom is 0.123 e. The van der Waals surface area contributed by atoms with E-state index in [4.69, 9.17) is 0 Å². The van der Waals surface area contributed by atoms with Crippen LogP contribution in [0.1, 0.15) is 31.7 Å². The summed E-state index contributed by atoms with van der Waals surface area (Å²) in [6, 6.07) is 6.98. The quantitative estimate of drug-likeness (QED) is 0.714. The molecule has 0 radical (unpaired) electrons. The summed E-state index contributed by atoms with van der Waals surface area (Å²) in [4.78, 5) is 0. The average Bonchev–Trinajstić information content (AvgIpc) is 3.15. The second kappa shape index (κ2) is 6.15. The van der Waals surface area contributed by atoms with Gasteiger partial charge in [-0.2, -0.15) is 0 Å². The molecular weight excluding hydrogens is 213 g/mol. The fourth-order valence-electron chi connectivity index (χ4n) is 2.36. The molecule has 1 saturated carbocycles. The van der Waals surface area contributed by atoms with Crippen molar-refractivity contribution >= 4 is 0 Å². The molecule has 1 aromatic carbocycles. The third-order valence-electron chi connectivity index (χ3n) is 3.53. The molecule has 1 unspecified atom stereocenters. The van der Waals surface area contributed by atoms with Crippen LogP contribution >= 0.6 is 0 Å². The van der Waals surface area contributed by atoms with Crippen molar-refractivity contribution in [2.45, 2.75) is 32.6 Å². The van der Waals surface area contributed by atoms with Crippen molar-refractivity contribution in [1.29, 1.82) is 0 Å². The molecule has 94 valence electrons. The number of halogens is 1. The summed E-state index contributed by atoms with van der Waals surface area (Å²) in [7, 11) is 0. The van der Waals surface area contributed by atoms with Gasteiger partial charge >= 0.3 is 0 Å². The third-order valence-corrected chi connectivity index (χ3v) is 3.53. The van der Waals surface area contributed by atoms with Crippen molar-refractivity contribution < 1.29 is 4.39 Å². The molecule has 1 nitrogen and oxygen atoms in total. The summed E-state index contributed by atoms with van der Waals surface area (Å²) in [6.45, 7) is 4.40. The second-order valence-corrected chi connectivity index (χ2v) is 5.13. The van der Waals surface area contributed by atoms with E-state index in [0.29, 0.717) is 0 Å². The van der Waals surface area contributed by atoms with E-state index in [-0.39, 0.29) is 5.82 Å². The Morgan fingerprint density at radius 1 is 1.29 bits per heavy atom. The lowest BCUT2D eigenvalue weighted by atomic mass is 9.94. The molecule has 2 heteroatoms. The lowest BCUT2D eigenvalue weighted by molar-refractivity contribution is 0.424. The molecule has 2 rings (SSSR count). The Hall–Kier alpha value is -0.890. The van der Waals surface area contributed by atoms with Gasteiger partial charge in [-0.25, -0.2) is 4.39 Å². The molecule has 1 atom stereocenters. The van der Waals surface area contributed by atoms with Crippen LogP contribution in [0.4, 0.5) is 4.39 Å². The largest absolute Gasteiger partial charge is 0.316 e. The van der Waals surface area contributed by atoms with Crippen LogP contribution in [-0.4, -0.2) is 13.1 Å². The predicted octanol–water partition coefficient (Wildman–Crippen LogP) is 3.39. The second-order valence-electron chi connectivity index (χ2n) is 5.13. The molecule has 1 aliphatic rings. The normalized spacial score (nSPS) is 17.1. The zero-order valence-corrected chi connectivity index (χ0v) is 10.6. The Bertz CT molecular complexity index is 329. The van der Waals surface area contributed by atoms with Crippen LogP contribution in [0.15, 0.2) is 24.3 Å². The Kier molecular flexibility index (Phi) is 4.55. The molecule has 1 aliphatic carbocycles. The average molecular weight is 235 g/mol. The van der Waals surface area contributed by atoms with Crippen molar-refractivity contribution in [3.05, 3.63) is 35.6 Å². The lowest BCUT2D eigenvalue weighted by Gasteiger charge is -2.17. The number of benzene rings is 1. The minimum Gasteiger partial charge on any atom is -0.316 e. The first-order chi connectivity index (χ1) is 8.29. The van der Waals surface area contributed by atoms with Crippen LogP contribution in [0, 0.1) is 17.7 Å². The Morgan fingerprint density at radius 3 is 2.59 bits per heavy atom. The van der Waals surface area contributed by atoms with E-state index >= 15 is 0 Å². The van der Waals surface area contributed by atoms with Gasteiger partial charge in [-0.1, -0.05) is 19.1 Å². The molecule has 0 heterocycles. The zero-order valence-electron chi connectivity index (χ0n) is 10.6. The van der Waals surface area contributed by atoms with E-state index in [1.165, 1.54) is 24.8 Å². The highest BCUT2D eigenvalue weighted by atomic mass is 19.1. The van der Waals surface area contributed by atoms with E-state index < -0.39 is 0 Å². The molecule has 17 heavy (non-hydrogen) atoms. The zero-order chi connectivity index (χ0) is 12.1. The molecule has 1 N–H and O–H groups in total. The summed E-state index contributed by atoms with van der Waals surface area (Å²) in [5.41, 5.74) is 1.27. The van der Waals surface area contributed by atoms with Gasteiger partial charge in [0, 0.05) is 0 Å². The van der Waals surface area contributed by atoms with Crippen molar-refractivity contribution in [2.75, 3.05) is 13.1 Å². The van der Waals surface area contributed by atoms with E-state index in [1.54, 1.807) is 12.1 Å². The molecule has 0 aromatic heterocycles. The molecule has 0 bridgehead atoms.